The highest BCUT2D eigenvalue weighted by Crippen LogP contribution is 2.36. The Kier molecular flexibility index (Phi) is 4.63. The third kappa shape index (κ3) is 2.95. The van der Waals surface area contributed by atoms with Crippen molar-refractivity contribution in [2.24, 2.45) is 5.16 Å². The molecule has 2 fully saturated rings. The number of carbonyl (C=O) groups excluding carboxylic acids is 2. The van der Waals surface area contributed by atoms with E-state index in [9.17, 15) is 9.59 Å². The first-order valence-corrected chi connectivity index (χ1v) is 9.40. The highest BCUT2D eigenvalue weighted by molar-refractivity contribution is 6.08. The molecule has 2 aliphatic rings. The molecule has 1 N–H and O–H groups in total. The average Bonchev–Trinajstić information content (AvgIpc) is 3.26. The van der Waals surface area contributed by atoms with Crippen LogP contribution >= 0.6 is 0 Å². The van der Waals surface area contributed by atoms with E-state index in [2.05, 4.69) is 29.5 Å². The van der Waals surface area contributed by atoms with Crippen molar-refractivity contribution in [3.8, 4) is 11.1 Å². The molecule has 2 saturated heterocycles. The second kappa shape index (κ2) is 7.11. The third-order valence-electron chi connectivity index (χ3n) is 5.65. The fourth-order valence-electron chi connectivity index (χ4n) is 4.21. The number of oxime groups is 1. The summed E-state index contributed by atoms with van der Waals surface area (Å²) in [5.74, 6) is -0.270. The molecule has 0 unspecified atom stereocenters. The minimum Gasteiger partial charge on any atom is -0.399 e. The van der Waals surface area contributed by atoms with Crippen molar-refractivity contribution in [3.63, 3.8) is 0 Å². The highest BCUT2D eigenvalue weighted by atomic mass is 16.6. The summed E-state index contributed by atoms with van der Waals surface area (Å²) in [5, 5.41) is 6.87. The molecule has 6 nitrogen and oxygen atoms in total. The summed E-state index contributed by atoms with van der Waals surface area (Å²) in [4.78, 5) is 32.4. The van der Waals surface area contributed by atoms with Gasteiger partial charge in [-0.3, -0.25) is 9.59 Å². The molecule has 2 amide bonds. The lowest BCUT2D eigenvalue weighted by Gasteiger charge is -2.31. The zero-order valence-electron chi connectivity index (χ0n) is 16.1. The van der Waals surface area contributed by atoms with E-state index in [0.29, 0.717) is 37.2 Å². The van der Waals surface area contributed by atoms with Crippen LogP contribution < -0.4 is 5.32 Å². The number of aryl methyl sites for hydroxylation is 1. The van der Waals surface area contributed by atoms with E-state index in [-0.39, 0.29) is 11.8 Å². The Bertz CT molecular complexity index is 952. The first kappa shape index (κ1) is 18.2. The van der Waals surface area contributed by atoms with Crippen LogP contribution in [0.3, 0.4) is 0 Å². The van der Waals surface area contributed by atoms with E-state index in [4.69, 9.17) is 4.84 Å². The molecule has 0 saturated carbocycles. The summed E-state index contributed by atoms with van der Waals surface area (Å²) >= 11 is 0. The molecule has 4 rings (SSSR count). The van der Waals surface area contributed by atoms with Crippen LogP contribution in [-0.2, 0) is 9.63 Å². The Morgan fingerprint density at radius 1 is 1.18 bits per heavy atom. The van der Waals surface area contributed by atoms with Crippen molar-refractivity contribution in [2.75, 3.05) is 20.2 Å². The Hall–Kier alpha value is -3.15. The monoisotopic (exact) mass is 377 g/mol. The normalized spacial score (nSPS) is 22.7. The van der Waals surface area contributed by atoms with Crippen molar-refractivity contribution in [2.45, 2.75) is 25.3 Å². The lowest BCUT2D eigenvalue weighted by atomic mass is 9.93. The van der Waals surface area contributed by atoms with Crippen molar-refractivity contribution in [1.82, 2.24) is 10.2 Å². The first-order valence-electron chi connectivity index (χ1n) is 9.40. The van der Waals surface area contributed by atoms with Crippen LogP contribution in [0.5, 0.6) is 0 Å². The number of hydrogen-bond donors (Lipinski definition) is 1. The van der Waals surface area contributed by atoms with Gasteiger partial charge in [-0.15, -0.1) is 0 Å². The molecule has 144 valence electrons. The fraction of sp³-hybridized carbons (Fsp3) is 0.318. The van der Waals surface area contributed by atoms with Crippen molar-refractivity contribution < 1.29 is 14.4 Å². The van der Waals surface area contributed by atoms with Gasteiger partial charge < -0.3 is 15.1 Å². The van der Waals surface area contributed by atoms with Gasteiger partial charge in [0.2, 0.25) is 5.91 Å². The van der Waals surface area contributed by atoms with Crippen LogP contribution in [0.4, 0.5) is 0 Å². The highest BCUT2D eigenvalue weighted by Gasteiger charge is 2.54. The topological polar surface area (TPSA) is 71.0 Å². The standard InChI is InChI=1S/C22H23N3O3/c1-15-5-3-4-6-19(15)16-7-9-17(10-8-16)20(26)25-14-18(24-28-2)13-22(25)11-12-23-21(22)27/h3-10H,11-14H2,1-2H3,(H,23,27)/b24-18+/t22-/m0/s1. The number of likely N-dealkylation sites (tertiary alicyclic amines) is 1. The van der Waals surface area contributed by atoms with Crippen LogP contribution in [0.25, 0.3) is 11.1 Å². The quantitative estimate of drug-likeness (QED) is 0.836. The van der Waals surface area contributed by atoms with Gasteiger partial charge in [0.05, 0.1) is 12.3 Å². The molecule has 0 radical (unpaired) electrons. The smallest absolute Gasteiger partial charge is 0.255 e. The summed E-state index contributed by atoms with van der Waals surface area (Å²) < 4.78 is 0. The van der Waals surface area contributed by atoms with E-state index < -0.39 is 5.54 Å². The number of amides is 2. The molecule has 1 spiro atoms. The van der Waals surface area contributed by atoms with Crippen molar-refractivity contribution in [1.29, 1.82) is 0 Å². The van der Waals surface area contributed by atoms with Gasteiger partial charge in [0, 0.05) is 18.5 Å². The molecule has 2 aromatic carbocycles. The largest absolute Gasteiger partial charge is 0.399 e. The minimum atomic E-state index is -0.858. The first-order chi connectivity index (χ1) is 13.5. The summed E-state index contributed by atoms with van der Waals surface area (Å²) in [6.07, 6.45) is 1.00. The summed E-state index contributed by atoms with van der Waals surface area (Å²) in [6.45, 7) is 2.94. The van der Waals surface area contributed by atoms with Gasteiger partial charge in [-0.2, -0.15) is 0 Å². The molecule has 2 heterocycles. The van der Waals surface area contributed by atoms with E-state index in [0.717, 1.165) is 11.1 Å². The van der Waals surface area contributed by atoms with Gasteiger partial charge in [0.1, 0.15) is 12.6 Å². The van der Waals surface area contributed by atoms with Gasteiger partial charge in [0.25, 0.3) is 5.91 Å². The summed E-state index contributed by atoms with van der Waals surface area (Å²) in [5.41, 5.74) is 3.81. The van der Waals surface area contributed by atoms with Gasteiger partial charge in [0.15, 0.2) is 0 Å². The van der Waals surface area contributed by atoms with E-state index >= 15 is 0 Å². The maximum Gasteiger partial charge on any atom is 0.255 e. The molecular weight excluding hydrogens is 354 g/mol. The zero-order valence-corrected chi connectivity index (χ0v) is 16.1. The molecule has 0 aliphatic carbocycles. The minimum absolute atomic E-state index is 0.112. The summed E-state index contributed by atoms with van der Waals surface area (Å²) in [6, 6.07) is 15.7. The molecule has 2 aliphatic heterocycles. The molecule has 1 atom stereocenters. The van der Waals surface area contributed by atoms with Crippen LogP contribution in [-0.4, -0.2) is 48.2 Å². The second-order valence-electron chi connectivity index (χ2n) is 7.34. The van der Waals surface area contributed by atoms with Crippen LogP contribution in [0, 0.1) is 6.92 Å². The van der Waals surface area contributed by atoms with E-state index in [1.165, 1.54) is 12.7 Å². The maximum absolute atomic E-state index is 13.3. The van der Waals surface area contributed by atoms with Gasteiger partial charge in [-0.1, -0.05) is 41.6 Å². The predicted octanol–water partition coefficient (Wildman–Crippen LogP) is 2.77. The number of carbonyl (C=O) groups is 2. The number of nitrogens with zero attached hydrogens (tertiary/aromatic N) is 2. The molecule has 0 aromatic heterocycles. The van der Waals surface area contributed by atoms with Crippen LogP contribution in [0.15, 0.2) is 53.7 Å². The lowest BCUT2D eigenvalue weighted by Crippen LogP contribution is -2.52. The fourth-order valence-corrected chi connectivity index (χ4v) is 4.21. The van der Waals surface area contributed by atoms with Crippen LogP contribution in [0.1, 0.15) is 28.8 Å². The lowest BCUT2D eigenvalue weighted by molar-refractivity contribution is -0.127. The van der Waals surface area contributed by atoms with Gasteiger partial charge in [-0.25, -0.2) is 0 Å². The predicted molar refractivity (Wildman–Crippen MR) is 107 cm³/mol. The van der Waals surface area contributed by atoms with Gasteiger partial charge in [-0.05, 0) is 42.2 Å². The van der Waals surface area contributed by atoms with Gasteiger partial charge >= 0.3 is 0 Å². The number of rotatable bonds is 3. The maximum atomic E-state index is 13.3. The molecule has 28 heavy (non-hydrogen) atoms. The number of benzene rings is 2. The van der Waals surface area contributed by atoms with E-state index in [1.54, 1.807) is 4.90 Å². The van der Waals surface area contributed by atoms with Crippen molar-refractivity contribution in [3.05, 3.63) is 59.7 Å². The number of nitrogens with one attached hydrogen (secondary N) is 1. The second-order valence-corrected chi connectivity index (χ2v) is 7.34. The molecule has 0 bridgehead atoms. The average molecular weight is 377 g/mol. The SMILES string of the molecule is CO/N=C1/CN(C(=O)c2ccc(-c3ccccc3C)cc2)[C@@]2(CCNC2=O)C1. The molecule has 2 aromatic rings. The summed E-state index contributed by atoms with van der Waals surface area (Å²) in [7, 11) is 1.48. The Balaban J connectivity index is 1.64. The van der Waals surface area contributed by atoms with E-state index in [1.807, 2.05) is 36.4 Å². The molecule has 6 heteroatoms. The van der Waals surface area contributed by atoms with Crippen molar-refractivity contribution >= 4 is 17.5 Å². The Morgan fingerprint density at radius 2 is 1.93 bits per heavy atom. The Labute approximate surface area is 164 Å². The van der Waals surface area contributed by atoms with Crippen LogP contribution in [0.2, 0.25) is 0 Å². The molecular formula is C22H23N3O3. The Morgan fingerprint density at radius 3 is 2.57 bits per heavy atom. The zero-order chi connectivity index (χ0) is 19.7. The number of hydrogen-bond acceptors (Lipinski definition) is 4. The third-order valence-corrected chi connectivity index (χ3v) is 5.65.